The number of methoxy groups -OCH3 is 1. The molecule has 0 spiro atoms. The van der Waals surface area contributed by atoms with Gasteiger partial charge in [0.15, 0.2) is 0 Å². The molecule has 1 aliphatic carbocycles. The molecule has 0 radical (unpaired) electrons. The zero-order chi connectivity index (χ0) is 28.3. The maximum Gasteiger partial charge on any atom is 0.429 e. The lowest BCUT2D eigenvalue weighted by atomic mass is 9.84. The molecule has 0 saturated heterocycles. The van der Waals surface area contributed by atoms with Crippen LogP contribution in [0.1, 0.15) is 48.7 Å². The third-order valence-corrected chi connectivity index (χ3v) is 6.67. The van der Waals surface area contributed by atoms with E-state index in [1.807, 2.05) is 6.08 Å². The van der Waals surface area contributed by atoms with Crippen molar-refractivity contribution in [3.8, 4) is 11.6 Å². The maximum absolute atomic E-state index is 14.4. The van der Waals surface area contributed by atoms with E-state index in [0.717, 1.165) is 5.57 Å². The molecule has 2 aromatic heterocycles. The van der Waals surface area contributed by atoms with Gasteiger partial charge in [0.1, 0.15) is 6.04 Å². The van der Waals surface area contributed by atoms with Crippen LogP contribution in [-0.4, -0.2) is 45.0 Å². The molecule has 0 saturated carbocycles. The van der Waals surface area contributed by atoms with Gasteiger partial charge >= 0.3 is 12.1 Å². The molecule has 1 aliphatic rings. The van der Waals surface area contributed by atoms with Gasteiger partial charge in [0.2, 0.25) is 17.9 Å². The fourth-order valence-electron chi connectivity index (χ4n) is 4.52. The van der Waals surface area contributed by atoms with E-state index in [2.05, 4.69) is 19.8 Å². The topological polar surface area (TPSA) is 131 Å². The van der Waals surface area contributed by atoms with E-state index in [1.54, 1.807) is 19.2 Å². The summed E-state index contributed by atoms with van der Waals surface area (Å²) >= 11 is 6.10. The Labute approximate surface area is 228 Å². The summed E-state index contributed by atoms with van der Waals surface area (Å²) in [5, 5.41) is 4.47. The summed E-state index contributed by atoms with van der Waals surface area (Å²) in [7, 11) is 1.29. The molecule has 0 aliphatic heterocycles. The number of aromatic nitrogens is 4. The normalized spacial score (nSPS) is 17.3. The summed E-state index contributed by atoms with van der Waals surface area (Å²) in [6, 6.07) is 6.29. The Kier molecular flexibility index (Phi) is 8.45. The van der Waals surface area contributed by atoms with Gasteiger partial charge in [-0.3, -0.25) is 4.79 Å². The number of carbonyl (C=O) groups is 1. The molecule has 0 fully saturated rings. The fraction of sp³-hybridized carbons (Fsp3) is 0.385. The molecule has 0 amide bonds. The summed E-state index contributed by atoms with van der Waals surface area (Å²) in [5.41, 5.74) is 13.4. The quantitative estimate of drug-likeness (QED) is 0.367. The Morgan fingerprint density at radius 3 is 2.64 bits per heavy atom. The average Bonchev–Trinajstić information content (AvgIpc) is 3.32. The van der Waals surface area contributed by atoms with Gasteiger partial charge in [0.05, 0.1) is 24.2 Å². The number of halogens is 4. The highest BCUT2D eigenvalue weighted by atomic mass is 35.5. The van der Waals surface area contributed by atoms with Crippen LogP contribution in [0.25, 0.3) is 11.3 Å². The molecule has 2 heterocycles. The van der Waals surface area contributed by atoms with E-state index in [1.165, 1.54) is 36.1 Å². The van der Waals surface area contributed by atoms with Crippen molar-refractivity contribution < 1.29 is 27.4 Å². The second-order valence-electron chi connectivity index (χ2n) is 9.33. The van der Waals surface area contributed by atoms with E-state index in [4.69, 9.17) is 27.8 Å². The number of allylic oxidation sites excluding steroid dienone is 2. The molecule has 3 atom stereocenters. The summed E-state index contributed by atoms with van der Waals surface area (Å²) in [6.45, 7) is 1.72. The number of nitrogen functional groups attached to an aromatic ring is 1. The third-order valence-electron chi connectivity index (χ3n) is 6.44. The standard InChI is InChI=1S/C26H28ClF3N6O3/c1-14-9-10-36(35-14)21-12-17(27)7-8-18(21)23(26(28,29)30)39-22-13-20(33-25(32)34-22)16-5-3-15(4-6-16)11-19(31)24(37)38-2/h5,7-10,12-13,15,19,23H,3-4,6,11,31H2,1-2H3,(H2,32,33,34). The van der Waals surface area contributed by atoms with E-state index >= 15 is 0 Å². The van der Waals surface area contributed by atoms with Crippen molar-refractivity contribution in [3.63, 3.8) is 0 Å². The number of esters is 1. The second kappa shape index (κ2) is 11.6. The summed E-state index contributed by atoms with van der Waals surface area (Å²) in [6.07, 6.45) is -1.38. The van der Waals surface area contributed by atoms with Crippen molar-refractivity contribution in [1.82, 2.24) is 19.7 Å². The molecule has 13 heteroatoms. The lowest BCUT2D eigenvalue weighted by molar-refractivity contribution is -0.198. The first-order valence-corrected chi connectivity index (χ1v) is 12.5. The van der Waals surface area contributed by atoms with Crippen LogP contribution >= 0.6 is 11.6 Å². The van der Waals surface area contributed by atoms with Crippen LogP contribution in [0, 0.1) is 12.8 Å². The number of hydrogen-bond acceptors (Lipinski definition) is 8. The van der Waals surface area contributed by atoms with E-state index in [9.17, 15) is 18.0 Å². The first-order chi connectivity index (χ1) is 18.4. The number of anilines is 1. The van der Waals surface area contributed by atoms with Crippen LogP contribution in [-0.2, 0) is 9.53 Å². The average molecular weight is 565 g/mol. The Bertz CT molecular complexity index is 1380. The number of nitrogens with two attached hydrogens (primary N) is 2. The highest BCUT2D eigenvalue weighted by molar-refractivity contribution is 6.30. The van der Waals surface area contributed by atoms with Gasteiger partial charge < -0.3 is 20.9 Å². The first kappa shape index (κ1) is 28.4. The predicted octanol–water partition coefficient (Wildman–Crippen LogP) is 4.96. The van der Waals surface area contributed by atoms with E-state index in [0.29, 0.717) is 37.1 Å². The first-order valence-electron chi connectivity index (χ1n) is 12.2. The molecule has 39 heavy (non-hydrogen) atoms. The number of hydrogen-bond donors (Lipinski definition) is 2. The van der Waals surface area contributed by atoms with Crippen molar-refractivity contribution in [2.45, 2.75) is 50.9 Å². The minimum absolute atomic E-state index is 0.117. The highest BCUT2D eigenvalue weighted by Gasteiger charge is 2.45. The highest BCUT2D eigenvalue weighted by Crippen LogP contribution is 2.40. The van der Waals surface area contributed by atoms with Crippen molar-refractivity contribution >= 4 is 29.1 Å². The maximum atomic E-state index is 14.4. The molecular weight excluding hydrogens is 537 g/mol. The lowest BCUT2D eigenvalue weighted by Gasteiger charge is -2.25. The molecule has 3 unspecified atom stereocenters. The molecule has 208 valence electrons. The molecular formula is C26H28ClF3N6O3. The molecule has 1 aromatic carbocycles. The molecule has 9 nitrogen and oxygen atoms in total. The second-order valence-corrected chi connectivity index (χ2v) is 9.77. The Hall–Kier alpha value is -3.64. The van der Waals surface area contributed by atoms with E-state index in [-0.39, 0.29) is 34.0 Å². The zero-order valence-electron chi connectivity index (χ0n) is 21.3. The smallest absolute Gasteiger partial charge is 0.429 e. The predicted molar refractivity (Wildman–Crippen MR) is 139 cm³/mol. The van der Waals surface area contributed by atoms with E-state index < -0.39 is 24.3 Å². The molecule has 3 aromatic rings. The van der Waals surface area contributed by atoms with Crippen molar-refractivity contribution in [1.29, 1.82) is 0 Å². The van der Waals surface area contributed by atoms with Gasteiger partial charge in [-0.15, -0.1) is 0 Å². The number of alkyl halides is 3. The summed E-state index contributed by atoms with van der Waals surface area (Å²) in [5.74, 6) is -0.867. The van der Waals surface area contributed by atoms with Crippen molar-refractivity contribution in [2.75, 3.05) is 12.8 Å². The monoisotopic (exact) mass is 564 g/mol. The van der Waals surface area contributed by atoms with Gasteiger partial charge in [0.25, 0.3) is 0 Å². The lowest BCUT2D eigenvalue weighted by Crippen LogP contribution is -2.34. The van der Waals surface area contributed by atoms with Crippen molar-refractivity contribution in [3.05, 3.63) is 64.6 Å². The van der Waals surface area contributed by atoms with Crippen molar-refractivity contribution in [2.24, 2.45) is 11.7 Å². The number of carbonyl (C=O) groups excluding carboxylic acids is 1. The fourth-order valence-corrected chi connectivity index (χ4v) is 4.69. The molecule has 0 bridgehead atoms. The van der Waals surface area contributed by atoms with Crippen LogP contribution in [0.2, 0.25) is 5.02 Å². The number of rotatable bonds is 8. The largest absolute Gasteiger partial charge is 0.468 e. The van der Waals surface area contributed by atoms with Gasteiger partial charge in [-0.05, 0) is 62.3 Å². The molecule has 4 N–H and O–H groups in total. The van der Waals surface area contributed by atoms with Gasteiger partial charge in [0, 0.05) is 22.8 Å². The number of nitrogens with zero attached hydrogens (tertiary/aromatic N) is 4. The van der Waals surface area contributed by atoms with Gasteiger partial charge in [-0.2, -0.15) is 23.3 Å². The summed E-state index contributed by atoms with van der Waals surface area (Å²) < 4.78 is 54.5. The van der Waals surface area contributed by atoms with Crippen LogP contribution in [0.5, 0.6) is 5.88 Å². The number of benzene rings is 1. The van der Waals surface area contributed by atoms with Gasteiger partial charge in [-0.1, -0.05) is 23.7 Å². The van der Waals surface area contributed by atoms with Gasteiger partial charge in [-0.25, -0.2) is 9.67 Å². The van der Waals surface area contributed by atoms with Crippen LogP contribution < -0.4 is 16.2 Å². The summed E-state index contributed by atoms with van der Waals surface area (Å²) in [4.78, 5) is 19.8. The Morgan fingerprint density at radius 1 is 1.26 bits per heavy atom. The Balaban J connectivity index is 1.61. The zero-order valence-corrected chi connectivity index (χ0v) is 22.0. The number of ether oxygens (including phenoxy) is 2. The molecule has 4 rings (SSSR count). The van der Waals surface area contributed by atoms with Crippen LogP contribution in [0.4, 0.5) is 19.1 Å². The Morgan fingerprint density at radius 2 is 2.03 bits per heavy atom. The SMILES string of the molecule is COC(=O)C(N)CC1CC=C(c2cc(OC(c3ccc(Cl)cc3-n3ccc(C)n3)C(F)(F)F)nc(N)n2)CC1. The number of aryl methyl sites for hydroxylation is 1. The van der Waals surface area contributed by atoms with Crippen LogP contribution in [0.3, 0.4) is 0 Å². The minimum atomic E-state index is -4.81. The minimum Gasteiger partial charge on any atom is -0.468 e. The van der Waals surface area contributed by atoms with Crippen LogP contribution in [0.15, 0.2) is 42.6 Å². The third kappa shape index (κ3) is 6.87.